The zero-order valence-electron chi connectivity index (χ0n) is 20.7. The Morgan fingerprint density at radius 1 is 1.03 bits per heavy atom. The van der Waals surface area contributed by atoms with Gasteiger partial charge >= 0.3 is 0 Å². The van der Waals surface area contributed by atoms with Gasteiger partial charge in [-0.05, 0) is 48.9 Å². The molecule has 3 N–H and O–H groups in total. The van der Waals surface area contributed by atoms with Crippen molar-refractivity contribution in [2.45, 2.75) is 12.8 Å². The minimum absolute atomic E-state index is 0.0844. The highest BCUT2D eigenvalue weighted by molar-refractivity contribution is 9.10. The molecule has 192 valence electrons. The number of thioether (sulfide) groups is 1. The van der Waals surface area contributed by atoms with Crippen LogP contribution in [0.15, 0.2) is 105 Å². The number of dihydropyridines is 1. The fraction of sp³-hybridized carbons (Fsp3) is 0.138. The molecule has 3 aromatic rings. The number of benzene rings is 3. The Bertz CT molecular complexity index is 1450. The van der Waals surface area contributed by atoms with Crippen LogP contribution >= 0.6 is 27.7 Å². The van der Waals surface area contributed by atoms with Gasteiger partial charge in [-0.25, -0.2) is 0 Å². The lowest BCUT2D eigenvalue weighted by Crippen LogP contribution is -2.31. The summed E-state index contributed by atoms with van der Waals surface area (Å²) in [6.45, 7) is 1.80. The van der Waals surface area contributed by atoms with Crippen LogP contribution in [-0.2, 0) is 9.59 Å². The molecule has 0 spiro atoms. The predicted octanol–water partition coefficient (Wildman–Crippen LogP) is 6.16. The van der Waals surface area contributed by atoms with E-state index in [0.29, 0.717) is 39.0 Å². The number of carbonyl (C=O) groups excluding carboxylic acids is 2. The van der Waals surface area contributed by atoms with Crippen LogP contribution in [0.2, 0.25) is 0 Å². The van der Waals surface area contributed by atoms with Gasteiger partial charge in [0.15, 0.2) is 0 Å². The number of carbonyl (C=O) groups is 2. The predicted molar refractivity (Wildman–Crippen MR) is 155 cm³/mol. The van der Waals surface area contributed by atoms with Crippen LogP contribution in [0.25, 0.3) is 0 Å². The number of amides is 2. The summed E-state index contributed by atoms with van der Waals surface area (Å²) in [5, 5.41) is 19.8. The molecule has 38 heavy (non-hydrogen) atoms. The lowest BCUT2D eigenvalue weighted by Gasteiger charge is -2.30. The fourth-order valence-electron chi connectivity index (χ4n) is 4.11. The molecule has 7 nitrogen and oxygen atoms in total. The van der Waals surface area contributed by atoms with Crippen molar-refractivity contribution >= 4 is 50.9 Å². The smallest absolute Gasteiger partial charge is 0.254 e. The second-order valence-corrected chi connectivity index (χ2v) is 10.3. The van der Waals surface area contributed by atoms with Gasteiger partial charge < -0.3 is 20.7 Å². The second kappa shape index (κ2) is 12.5. The first kappa shape index (κ1) is 27.0. The monoisotopic (exact) mass is 588 g/mol. The van der Waals surface area contributed by atoms with Gasteiger partial charge in [0.2, 0.25) is 5.91 Å². The number of nitrogens with one attached hydrogen (secondary N) is 3. The number of halogens is 1. The van der Waals surface area contributed by atoms with Crippen LogP contribution in [0.1, 0.15) is 18.4 Å². The number of hydrogen-bond acceptors (Lipinski definition) is 6. The van der Waals surface area contributed by atoms with E-state index in [0.717, 1.165) is 10.0 Å². The van der Waals surface area contributed by atoms with E-state index in [9.17, 15) is 14.9 Å². The Labute approximate surface area is 234 Å². The largest absolute Gasteiger partial charge is 0.495 e. The zero-order valence-corrected chi connectivity index (χ0v) is 23.2. The Morgan fingerprint density at radius 2 is 1.71 bits per heavy atom. The molecule has 0 unspecified atom stereocenters. The Balaban J connectivity index is 1.61. The topological polar surface area (TPSA) is 103 Å². The van der Waals surface area contributed by atoms with Crippen LogP contribution in [0.5, 0.6) is 5.75 Å². The summed E-state index contributed by atoms with van der Waals surface area (Å²) >= 11 is 4.60. The summed E-state index contributed by atoms with van der Waals surface area (Å²) in [5.74, 6) is -0.557. The van der Waals surface area contributed by atoms with Gasteiger partial charge in [-0.15, -0.1) is 0 Å². The van der Waals surface area contributed by atoms with Gasteiger partial charge in [0, 0.05) is 21.4 Å². The van der Waals surface area contributed by atoms with Gasteiger partial charge in [-0.1, -0.05) is 70.2 Å². The molecule has 0 saturated carbocycles. The first-order valence-electron chi connectivity index (χ1n) is 11.7. The molecule has 2 amide bonds. The summed E-state index contributed by atoms with van der Waals surface area (Å²) in [4.78, 5) is 26.3. The van der Waals surface area contributed by atoms with Crippen molar-refractivity contribution in [1.29, 1.82) is 5.26 Å². The van der Waals surface area contributed by atoms with Gasteiger partial charge in [-0.3, -0.25) is 9.59 Å². The number of allylic oxidation sites excluding steroid dienone is 2. The maximum Gasteiger partial charge on any atom is 0.254 e. The number of methoxy groups -OCH3 is 1. The molecule has 1 heterocycles. The Kier molecular flexibility index (Phi) is 8.89. The van der Waals surface area contributed by atoms with E-state index in [1.807, 2.05) is 54.6 Å². The van der Waals surface area contributed by atoms with E-state index in [2.05, 4.69) is 37.9 Å². The maximum atomic E-state index is 13.6. The van der Waals surface area contributed by atoms with E-state index >= 15 is 0 Å². The lowest BCUT2D eigenvalue weighted by atomic mass is 9.82. The average molecular weight is 590 g/mol. The summed E-state index contributed by atoms with van der Waals surface area (Å²) in [5.41, 5.74) is 3.39. The number of ether oxygens (including phenoxy) is 1. The van der Waals surface area contributed by atoms with E-state index in [1.165, 1.54) is 18.9 Å². The third-order valence-electron chi connectivity index (χ3n) is 5.86. The molecule has 0 radical (unpaired) electrons. The van der Waals surface area contributed by atoms with Crippen LogP contribution in [0.4, 0.5) is 11.4 Å². The van der Waals surface area contributed by atoms with Gasteiger partial charge in [0.05, 0.1) is 41.1 Å². The van der Waals surface area contributed by atoms with Crippen molar-refractivity contribution in [2.24, 2.45) is 0 Å². The molecule has 0 aliphatic carbocycles. The molecular formula is C29H25BrN4O3S. The summed E-state index contributed by atoms with van der Waals surface area (Å²) in [6.07, 6.45) is 0. The van der Waals surface area contributed by atoms with Crippen molar-refractivity contribution < 1.29 is 14.3 Å². The third-order valence-corrected chi connectivity index (χ3v) is 7.40. The molecule has 0 fully saturated rings. The van der Waals surface area contributed by atoms with Crippen LogP contribution in [-0.4, -0.2) is 24.7 Å². The summed E-state index contributed by atoms with van der Waals surface area (Å²) in [6, 6.07) is 26.1. The average Bonchev–Trinajstić information content (AvgIpc) is 2.93. The molecule has 0 saturated heterocycles. The molecule has 1 atom stereocenters. The number of para-hydroxylation sites is 2. The molecular weight excluding hydrogens is 564 g/mol. The van der Waals surface area contributed by atoms with E-state index in [-0.39, 0.29) is 17.6 Å². The van der Waals surface area contributed by atoms with Gasteiger partial charge in [0.25, 0.3) is 5.91 Å². The van der Waals surface area contributed by atoms with E-state index < -0.39 is 5.92 Å². The van der Waals surface area contributed by atoms with Crippen molar-refractivity contribution in [3.8, 4) is 11.8 Å². The van der Waals surface area contributed by atoms with Crippen molar-refractivity contribution in [1.82, 2.24) is 5.32 Å². The van der Waals surface area contributed by atoms with Crippen molar-refractivity contribution in [2.75, 3.05) is 23.5 Å². The quantitative estimate of drug-likeness (QED) is 0.291. The highest BCUT2D eigenvalue weighted by atomic mass is 79.9. The van der Waals surface area contributed by atoms with Crippen LogP contribution in [0.3, 0.4) is 0 Å². The number of hydrogen-bond donors (Lipinski definition) is 3. The number of rotatable bonds is 8. The number of nitrogens with zero attached hydrogens (tertiary/aromatic N) is 1. The SMILES string of the molecule is COc1ccccc1NC(=O)C1=C(C)NC(SCC(=O)Nc2ccc(Br)cc2)=C(C#N)[C@@H]1c1ccccc1. The van der Waals surface area contributed by atoms with E-state index in [1.54, 1.807) is 31.2 Å². The molecule has 0 aromatic heterocycles. The summed E-state index contributed by atoms with van der Waals surface area (Å²) < 4.78 is 6.30. The minimum Gasteiger partial charge on any atom is -0.495 e. The standard InChI is InChI=1S/C29H25BrN4O3S/c1-18-26(28(36)34-23-10-6-7-11-24(23)37-2)27(19-8-4-3-5-9-19)22(16-31)29(32-18)38-17-25(35)33-21-14-12-20(30)13-15-21/h3-15,27,32H,17H2,1-2H3,(H,33,35)(H,34,36)/t27-/m0/s1. The van der Waals surface area contributed by atoms with Gasteiger partial charge in [-0.2, -0.15) is 5.26 Å². The second-order valence-electron chi connectivity index (χ2n) is 8.36. The van der Waals surface area contributed by atoms with E-state index in [4.69, 9.17) is 4.74 Å². The highest BCUT2D eigenvalue weighted by Crippen LogP contribution is 2.41. The normalized spacial score (nSPS) is 14.8. The summed E-state index contributed by atoms with van der Waals surface area (Å²) in [7, 11) is 1.54. The minimum atomic E-state index is -0.616. The molecule has 4 rings (SSSR count). The molecule has 3 aromatic carbocycles. The molecule has 9 heteroatoms. The number of anilines is 2. The first-order valence-corrected chi connectivity index (χ1v) is 13.5. The van der Waals surface area contributed by atoms with Gasteiger partial charge in [0.1, 0.15) is 5.75 Å². The fourth-order valence-corrected chi connectivity index (χ4v) is 5.27. The molecule has 1 aliphatic heterocycles. The Morgan fingerprint density at radius 3 is 2.39 bits per heavy atom. The lowest BCUT2D eigenvalue weighted by molar-refractivity contribution is -0.114. The molecule has 1 aliphatic rings. The zero-order chi connectivity index (χ0) is 27.1. The van der Waals surface area contributed by atoms with Crippen LogP contribution in [0, 0.1) is 11.3 Å². The Hall–Kier alpha value is -4.00. The van der Waals surface area contributed by atoms with Crippen molar-refractivity contribution in [3.63, 3.8) is 0 Å². The third kappa shape index (κ3) is 6.28. The van der Waals surface area contributed by atoms with Crippen molar-refractivity contribution in [3.05, 3.63) is 111 Å². The highest BCUT2D eigenvalue weighted by Gasteiger charge is 2.35. The first-order chi connectivity index (χ1) is 18.4. The van der Waals surface area contributed by atoms with Crippen LogP contribution < -0.4 is 20.7 Å². The number of nitriles is 1. The molecule has 0 bridgehead atoms. The maximum absolute atomic E-state index is 13.6.